The Labute approximate surface area is 238 Å². The van der Waals surface area contributed by atoms with Crippen LogP contribution in [-0.2, 0) is 23.8 Å². The van der Waals surface area contributed by atoms with Crippen LogP contribution in [-0.4, -0.2) is 86.4 Å². The molecule has 2 aromatic heterocycles. The monoisotopic (exact) mass is 565 g/mol. The molecule has 4 rings (SSSR count). The zero-order chi connectivity index (χ0) is 28.9. The first kappa shape index (κ1) is 30.1. The first-order chi connectivity index (χ1) is 20.1. The van der Waals surface area contributed by atoms with Crippen molar-refractivity contribution in [2.45, 2.75) is 18.9 Å². The standard InChI is InChI=1S/C30H35N3O8/c1-37-29-18-21(10-11-31-29)2-4-23-5-3-22-19-24(6-8-26(22)32-23)40-16-14-38-12-13-39-15-17-41-27(20-34)25-7-9-28(35)33-30(25)36/h2-6,8,10-11,18-19,25,27,34H,7,9,12-17,20H2,1H3,(H,33,35,36)/b4-2+. The lowest BCUT2D eigenvalue weighted by molar-refractivity contribution is -0.143. The second-order valence-corrected chi connectivity index (χ2v) is 9.28. The maximum Gasteiger partial charge on any atom is 0.232 e. The summed E-state index contributed by atoms with van der Waals surface area (Å²) >= 11 is 0. The van der Waals surface area contributed by atoms with Crippen LogP contribution < -0.4 is 14.8 Å². The highest BCUT2D eigenvalue weighted by molar-refractivity contribution is 5.98. The van der Waals surface area contributed by atoms with Crippen LogP contribution in [0.2, 0.25) is 0 Å². The normalized spacial score (nSPS) is 16.2. The zero-order valence-corrected chi connectivity index (χ0v) is 23.0. The summed E-state index contributed by atoms with van der Waals surface area (Å²) in [4.78, 5) is 32.0. The fraction of sp³-hybridized carbons (Fsp3) is 0.400. The Hall–Kier alpha value is -3.90. The third-order valence-corrected chi connectivity index (χ3v) is 6.44. The summed E-state index contributed by atoms with van der Waals surface area (Å²) in [5, 5.41) is 12.8. The Balaban J connectivity index is 1.09. The molecule has 1 aliphatic heterocycles. The highest BCUT2D eigenvalue weighted by atomic mass is 16.6. The first-order valence-corrected chi connectivity index (χ1v) is 13.5. The van der Waals surface area contributed by atoms with Gasteiger partial charge in [0.05, 0.1) is 70.0 Å². The number of imide groups is 1. The number of aromatic nitrogens is 2. The molecule has 11 heteroatoms. The average molecular weight is 566 g/mol. The van der Waals surface area contributed by atoms with Crippen LogP contribution in [0, 0.1) is 5.92 Å². The van der Waals surface area contributed by atoms with Crippen molar-refractivity contribution < 1.29 is 38.4 Å². The molecule has 1 aliphatic rings. The summed E-state index contributed by atoms with van der Waals surface area (Å²) in [6, 6.07) is 13.5. The molecule has 2 atom stereocenters. The number of hydrogen-bond acceptors (Lipinski definition) is 10. The lowest BCUT2D eigenvalue weighted by atomic mass is 9.93. The van der Waals surface area contributed by atoms with Crippen LogP contribution >= 0.6 is 0 Å². The molecule has 2 unspecified atom stereocenters. The molecule has 218 valence electrons. The number of fused-ring (bicyclic) bond motifs is 1. The second kappa shape index (κ2) is 15.8. The summed E-state index contributed by atoms with van der Waals surface area (Å²) < 4.78 is 27.6. The van der Waals surface area contributed by atoms with Gasteiger partial charge in [0.25, 0.3) is 0 Å². The summed E-state index contributed by atoms with van der Waals surface area (Å²) in [6.07, 6.45) is 5.56. The Morgan fingerprint density at radius 1 is 1.00 bits per heavy atom. The smallest absolute Gasteiger partial charge is 0.232 e. The molecular formula is C30H35N3O8. The van der Waals surface area contributed by atoms with Gasteiger partial charge in [-0.05, 0) is 48.4 Å². The fourth-order valence-electron chi connectivity index (χ4n) is 4.28. The fourth-order valence-corrected chi connectivity index (χ4v) is 4.28. The Bertz CT molecular complexity index is 1330. The molecule has 1 saturated heterocycles. The van der Waals surface area contributed by atoms with Crippen molar-refractivity contribution >= 4 is 34.9 Å². The average Bonchev–Trinajstić information content (AvgIpc) is 2.99. The predicted octanol–water partition coefficient (Wildman–Crippen LogP) is 2.65. The number of hydrogen-bond donors (Lipinski definition) is 2. The van der Waals surface area contributed by atoms with Gasteiger partial charge >= 0.3 is 0 Å². The summed E-state index contributed by atoms with van der Waals surface area (Å²) in [5.41, 5.74) is 2.68. The number of benzene rings is 1. The minimum Gasteiger partial charge on any atom is -0.491 e. The molecule has 0 bridgehead atoms. The van der Waals surface area contributed by atoms with Gasteiger partial charge in [-0.15, -0.1) is 0 Å². The van der Waals surface area contributed by atoms with Crippen molar-refractivity contribution in [2.75, 3.05) is 53.4 Å². The van der Waals surface area contributed by atoms with Crippen LogP contribution in [0.4, 0.5) is 0 Å². The van der Waals surface area contributed by atoms with Crippen molar-refractivity contribution in [2.24, 2.45) is 5.92 Å². The molecule has 0 spiro atoms. The molecule has 41 heavy (non-hydrogen) atoms. The number of amides is 2. The molecular weight excluding hydrogens is 530 g/mol. The number of rotatable bonds is 16. The first-order valence-electron chi connectivity index (χ1n) is 13.5. The lowest BCUT2D eigenvalue weighted by Gasteiger charge is -2.27. The number of ether oxygens (including phenoxy) is 5. The number of aliphatic hydroxyl groups excluding tert-OH is 1. The zero-order valence-electron chi connectivity index (χ0n) is 23.0. The van der Waals surface area contributed by atoms with E-state index in [-0.39, 0.29) is 25.5 Å². The van der Waals surface area contributed by atoms with E-state index in [0.717, 1.165) is 27.9 Å². The van der Waals surface area contributed by atoms with Crippen molar-refractivity contribution in [3.63, 3.8) is 0 Å². The van der Waals surface area contributed by atoms with E-state index in [4.69, 9.17) is 28.7 Å². The SMILES string of the molecule is COc1cc(/C=C/c2ccc3cc(OCCOCCOCCOC(CO)C4CCC(=O)NC4=O)ccc3n2)ccn1. The number of pyridine rings is 2. The van der Waals surface area contributed by atoms with Crippen LogP contribution in [0.1, 0.15) is 24.1 Å². The minimum absolute atomic E-state index is 0.223. The van der Waals surface area contributed by atoms with E-state index in [1.807, 2.05) is 54.6 Å². The van der Waals surface area contributed by atoms with E-state index in [2.05, 4.69) is 10.3 Å². The Morgan fingerprint density at radius 2 is 1.80 bits per heavy atom. The number of nitrogens with zero attached hydrogens (tertiary/aromatic N) is 2. The largest absolute Gasteiger partial charge is 0.491 e. The summed E-state index contributed by atoms with van der Waals surface area (Å²) in [6.45, 7) is 1.78. The quantitative estimate of drug-likeness (QED) is 0.197. The molecule has 2 N–H and O–H groups in total. The van der Waals surface area contributed by atoms with Crippen LogP contribution in [0.15, 0.2) is 48.7 Å². The van der Waals surface area contributed by atoms with Gasteiger partial charge in [0.1, 0.15) is 12.4 Å². The molecule has 11 nitrogen and oxygen atoms in total. The Kier molecular flexibility index (Phi) is 11.6. The van der Waals surface area contributed by atoms with Crippen LogP contribution in [0.5, 0.6) is 11.6 Å². The molecule has 1 aromatic carbocycles. The van der Waals surface area contributed by atoms with Crippen molar-refractivity contribution in [1.82, 2.24) is 15.3 Å². The molecule has 0 aliphatic carbocycles. The summed E-state index contributed by atoms with van der Waals surface area (Å²) in [7, 11) is 1.59. The molecule has 2 amide bonds. The highest BCUT2D eigenvalue weighted by Gasteiger charge is 2.33. The van der Waals surface area contributed by atoms with E-state index in [9.17, 15) is 14.7 Å². The highest BCUT2D eigenvalue weighted by Crippen LogP contribution is 2.21. The van der Waals surface area contributed by atoms with Gasteiger partial charge in [0.2, 0.25) is 17.7 Å². The number of carbonyl (C=O) groups is 2. The summed E-state index contributed by atoms with van der Waals surface area (Å²) in [5.74, 6) is 0.0571. The second-order valence-electron chi connectivity index (χ2n) is 9.28. The van der Waals surface area contributed by atoms with E-state index in [0.29, 0.717) is 45.3 Å². The number of nitrogens with one attached hydrogen (secondary N) is 1. The van der Waals surface area contributed by atoms with Gasteiger partial charge in [-0.2, -0.15) is 0 Å². The minimum atomic E-state index is -0.660. The maximum absolute atomic E-state index is 11.9. The number of methoxy groups -OCH3 is 1. The number of carbonyl (C=O) groups excluding carboxylic acids is 2. The molecule has 1 fully saturated rings. The topological polar surface area (TPSA) is 138 Å². The lowest BCUT2D eigenvalue weighted by Crippen LogP contribution is -2.47. The van der Waals surface area contributed by atoms with Crippen LogP contribution in [0.25, 0.3) is 23.1 Å². The van der Waals surface area contributed by atoms with Gasteiger partial charge in [-0.1, -0.05) is 12.1 Å². The van der Waals surface area contributed by atoms with Gasteiger partial charge in [-0.25, -0.2) is 9.97 Å². The van der Waals surface area contributed by atoms with Crippen LogP contribution in [0.3, 0.4) is 0 Å². The van der Waals surface area contributed by atoms with Gasteiger partial charge in [0.15, 0.2) is 0 Å². The predicted molar refractivity (Wildman–Crippen MR) is 151 cm³/mol. The molecule has 0 saturated carbocycles. The van der Waals surface area contributed by atoms with E-state index < -0.39 is 17.9 Å². The van der Waals surface area contributed by atoms with Crippen molar-refractivity contribution in [3.8, 4) is 11.6 Å². The number of piperidine rings is 1. The van der Waals surface area contributed by atoms with Gasteiger partial charge in [-0.3, -0.25) is 14.9 Å². The Morgan fingerprint density at radius 3 is 2.59 bits per heavy atom. The molecule has 0 radical (unpaired) electrons. The van der Waals surface area contributed by atoms with E-state index in [1.165, 1.54) is 0 Å². The molecule has 3 heterocycles. The third-order valence-electron chi connectivity index (χ3n) is 6.44. The van der Waals surface area contributed by atoms with Gasteiger partial charge in [0, 0.05) is 24.1 Å². The van der Waals surface area contributed by atoms with E-state index >= 15 is 0 Å². The van der Waals surface area contributed by atoms with Crippen molar-refractivity contribution in [3.05, 3.63) is 59.9 Å². The maximum atomic E-state index is 11.9. The third kappa shape index (κ3) is 9.32. The van der Waals surface area contributed by atoms with Crippen molar-refractivity contribution in [1.29, 1.82) is 0 Å². The van der Waals surface area contributed by atoms with Gasteiger partial charge < -0.3 is 28.8 Å². The molecule has 3 aromatic rings. The van der Waals surface area contributed by atoms with E-state index in [1.54, 1.807) is 13.3 Å². The number of aliphatic hydroxyl groups is 1.